The first kappa shape index (κ1) is 13.7. The van der Waals surface area contributed by atoms with Crippen molar-refractivity contribution in [1.82, 2.24) is 5.32 Å². The van der Waals surface area contributed by atoms with Gasteiger partial charge < -0.3 is 15.7 Å². The van der Waals surface area contributed by atoms with Crippen LogP contribution in [0.2, 0.25) is 0 Å². The monoisotopic (exact) mass is 270 g/mol. The summed E-state index contributed by atoms with van der Waals surface area (Å²) in [5.74, 6) is -2.87. The summed E-state index contributed by atoms with van der Waals surface area (Å²) >= 11 is 0. The number of piperidine rings is 1. The van der Waals surface area contributed by atoms with Crippen molar-refractivity contribution in [1.29, 1.82) is 0 Å². The molecule has 104 valence electrons. The van der Waals surface area contributed by atoms with Gasteiger partial charge in [-0.05, 0) is 37.9 Å². The van der Waals surface area contributed by atoms with E-state index in [4.69, 9.17) is 5.11 Å². The molecule has 0 radical (unpaired) electrons. The summed E-state index contributed by atoms with van der Waals surface area (Å²) in [6, 6.07) is 1.61. The van der Waals surface area contributed by atoms with E-state index >= 15 is 0 Å². The van der Waals surface area contributed by atoms with Crippen LogP contribution in [0.1, 0.15) is 23.2 Å². The van der Waals surface area contributed by atoms with Gasteiger partial charge in [0.2, 0.25) is 0 Å². The van der Waals surface area contributed by atoms with Crippen LogP contribution in [-0.2, 0) is 0 Å². The first-order chi connectivity index (χ1) is 9.08. The number of halogens is 2. The largest absolute Gasteiger partial charge is 0.478 e. The quantitative estimate of drug-likeness (QED) is 0.784. The third-order valence-electron chi connectivity index (χ3n) is 3.27. The third kappa shape index (κ3) is 3.41. The summed E-state index contributed by atoms with van der Waals surface area (Å²) < 4.78 is 26.8. The topological polar surface area (TPSA) is 61.4 Å². The standard InChI is InChI=1S/C13H16F2N2O2/c14-10-5-11(15)12(4-9(10)13(18)19)17-7-8-2-1-3-16-6-8/h4-5,8,16-17H,1-3,6-7H2,(H,18,19). The molecule has 0 bridgehead atoms. The molecule has 1 aliphatic rings. The van der Waals surface area contributed by atoms with E-state index in [-0.39, 0.29) is 5.69 Å². The van der Waals surface area contributed by atoms with Gasteiger partial charge in [0, 0.05) is 12.6 Å². The van der Waals surface area contributed by atoms with E-state index in [9.17, 15) is 13.6 Å². The Morgan fingerprint density at radius 1 is 1.42 bits per heavy atom. The van der Waals surface area contributed by atoms with E-state index in [1.165, 1.54) is 0 Å². The Hall–Kier alpha value is -1.69. The van der Waals surface area contributed by atoms with E-state index in [0.29, 0.717) is 18.5 Å². The number of aromatic carboxylic acids is 1. The molecule has 1 fully saturated rings. The fourth-order valence-electron chi connectivity index (χ4n) is 2.20. The number of rotatable bonds is 4. The molecular weight excluding hydrogens is 254 g/mol. The molecule has 0 aliphatic carbocycles. The van der Waals surface area contributed by atoms with Crippen LogP contribution >= 0.6 is 0 Å². The third-order valence-corrected chi connectivity index (χ3v) is 3.27. The minimum Gasteiger partial charge on any atom is -0.478 e. The highest BCUT2D eigenvalue weighted by molar-refractivity contribution is 5.89. The first-order valence-electron chi connectivity index (χ1n) is 6.25. The second-order valence-electron chi connectivity index (χ2n) is 4.71. The molecule has 1 saturated heterocycles. The molecule has 2 rings (SSSR count). The van der Waals surface area contributed by atoms with Crippen molar-refractivity contribution in [3.63, 3.8) is 0 Å². The van der Waals surface area contributed by atoms with Crippen molar-refractivity contribution in [2.75, 3.05) is 25.0 Å². The summed E-state index contributed by atoms with van der Waals surface area (Å²) in [6.07, 6.45) is 2.10. The van der Waals surface area contributed by atoms with Gasteiger partial charge in [-0.3, -0.25) is 0 Å². The molecule has 0 spiro atoms. The molecule has 4 nitrogen and oxygen atoms in total. The number of hydrogen-bond donors (Lipinski definition) is 3. The van der Waals surface area contributed by atoms with E-state index in [1.807, 2.05) is 0 Å². The maximum Gasteiger partial charge on any atom is 0.338 e. The van der Waals surface area contributed by atoms with Crippen LogP contribution in [0.25, 0.3) is 0 Å². The second-order valence-corrected chi connectivity index (χ2v) is 4.71. The molecule has 0 saturated carbocycles. The van der Waals surface area contributed by atoms with Gasteiger partial charge in [-0.25, -0.2) is 13.6 Å². The number of nitrogens with one attached hydrogen (secondary N) is 2. The molecule has 3 N–H and O–H groups in total. The Kier molecular flexibility index (Phi) is 4.31. The van der Waals surface area contributed by atoms with E-state index in [2.05, 4.69) is 10.6 Å². The number of carbonyl (C=O) groups is 1. The smallest absolute Gasteiger partial charge is 0.338 e. The molecule has 1 unspecified atom stereocenters. The van der Waals surface area contributed by atoms with Gasteiger partial charge in [-0.2, -0.15) is 0 Å². The predicted octanol–water partition coefficient (Wildman–Crippen LogP) is 2.07. The number of benzene rings is 1. The summed E-state index contributed by atoms with van der Waals surface area (Å²) in [7, 11) is 0. The zero-order valence-electron chi connectivity index (χ0n) is 10.4. The van der Waals surface area contributed by atoms with Crippen LogP contribution in [-0.4, -0.2) is 30.7 Å². The van der Waals surface area contributed by atoms with E-state index in [1.54, 1.807) is 0 Å². The molecule has 1 aromatic carbocycles. The molecule has 1 heterocycles. The van der Waals surface area contributed by atoms with Crippen LogP contribution in [0.5, 0.6) is 0 Å². The number of carboxylic acids is 1. The Morgan fingerprint density at radius 2 is 2.21 bits per heavy atom. The molecular formula is C13H16F2N2O2. The van der Waals surface area contributed by atoms with Crippen molar-refractivity contribution in [2.45, 2.75) is 12.8 Å². The van der Waals surface area contributed by atoms with Crippen molar-refractivity contribution in [3.05, 3.63) is 29.3 Å². The fourth-order valence-corrected chi connectivity index (χ4v) is 2.20. The molecule has 1 aromatic rings. The van der Waals surface area contributed by atoms with Crippen molar-refractivity contribution in [2.24, 2.45) is 5.92 Å². The normalized spacial score (nSPS) is 19.2. The maximum absolute atomic E-state index is 13.5. The lowest BCUT2D eigenvalue weighted by Crippen LogP contribution is -2.33. The van der Waals surface area contributed by atoms with E-state index in [0.717, 1.165) is 32.0 Å². The van der Waals surface area contributed by atoms with Gasteiger partial charge in [0.15, 0.2) is 0 Å². The lowest BCUT2D eigenvalue weighted by molar-refractivity contribution is 0.0692. The van der Waals surface area contributed by atoms with Crippen LogP contribution in [0.4, 0.5) is 14.5 Å². The van der Waals surface area contributed by atoms with Gasteiger partial charge in [-0.1, -0.05) is 0 Å². The molecule has 6 heteroatoms. The lowest BCUT2D eigenvalue weighted by atomic mass is 9.99. The molecule has 1 atom stereocenters. The Balaban J connectivity index is 2.06. The Labute approximate surface area is 109 Å². The molecule has 0 aromatic heterocycles. The van der Waals surface area contributed by atoms with Gasteiger partial charge in [0.05, 0.1) is 11.3 Å². The Morgan fingerprint density at radius 3 is 2.84 bits per heavy atom. The summed E-state index contributed by atoms with van der Waals surface area (Å²) in [5, 5.41) is 14.9. The zero-order chi connectivity index (χ0) is 13.8. The van der Waals surface area contributed by atoms with Gasteiger partial charge >= 0.3 is 5.97 Å². The zero-order valence-corrected chi connectivity index (χ0v) is 10.4. The maximum atomic E-state index is 13.5. The van der Waals surface area contributed by atoms with Crippen LogP contribution in [0.3, 0.4) is 0 Å². The SMILES string of the molecule is O=C(O)c1cc(NCC2CCCNC2)c(F)cc1F. The van der Waals surface area contributed by atoms with E-state index < -0.39 is 23.2 Å². The summed E-state index contributed by atoms with van der Waals surface area (Å²) in [6.45, 7) is 2.38. The minimum atomic E-state index is -1.40. The van der Waals surface area contributed by atoms with Crippen LogP contribution in [0, 0.1) is 17.6 Å². The molecule has 1 aliphatic heterocycles. The van der Waals surface area contributed by atoms with Crippen LogP contribution < -0.4 is 10.6 Å². The molecule has 19 heavy (non-hydrogen) atoms. The second kappa shape index (κ2) is 5.97. The highest BCUT2D eigenvalue weighted by atomic mass is 19.1. The van der Waals surface area contributed by atoms with Crippen molar-refractivity contribution < 1.29 is 18.7 Å². The fraction of sp³-hybridized carbons (Fsp3) is 0.462. The Bertz CT molecular complexity index is 474. The predicted molar refractivity (Wildman–Crippen MR) is 67.4 cm³/mol. The number of hydrogen-bond acceptors (Lipinski definition) is 3. The van der Waals surface area contributed by atoms with Crippen molar-refractivity contribution in [3.8, 4) is 0 Å². The molecule has 0 amide bonds. The highest BCUT2D eigenvalue weighted by Gasteiger charge is 2.17. The van der Waals surface area contributed by atoms with Crippen molar-refractivity contribution >= 4 is 11.7 Å². The lowest BCUT2D eigenvalue weighted by Gasteiger charge is -2.23. The van der Waals surface area contributed by atoms with Crippen LogP contribution in [0.15, 0.2) is 12.1 Å². The number of anilines is 1. The summed E-state index contributed by atoms with van der Waals surface area (Å²) in [5.41, 5.74) is -0.491. The average Bonchev–Trinajstić information content (AvgIpc) is 2.38. The number of carboxylic acid groups (broad SMARTS) is 1. The van der Waals surface area contributed by atoms with Gasteiger partial charge in [0.25, 0.3) is 0 Å². The average molecular weight is 270 g/mol. The first-order valence-corrected chi connectivity index (χ1v) is 6.25. The minimum absolute atomic E-state index is 0.0318. The van der Waals surface area contributed by atoms with Gasteiger partial charge in [-0.15, -0.1) is 0 Å². The summed E-state index contributed by atoms with van der Waals surface area (Å²) in [4.78, 5) is 10.8. The van der Waals surface area contributed by atoms with Gasteiger partial charge in [0.1, 0.15) is 11.6 Å². The highest BCUT2D eigenvalue weighted by Crippen LogP contribution is 2.21.